The molecule has 2 aromatic carbocycles. The lowest BCUT2D eigenvalue weighted by atomic mass is 9.98. The van der Waals surface area contributed by atoms with Crippen molar-refractivity contribution in [1.82, 2.24) is 15.1 Å². The lowest BCUT2D eigenvalue weighted by Gasteiger charge is -2.27. The molecule has 1 saturated carbocycles. The van der Waals surface area contributed by atoms with Gasteiger partial charge in [-0.1, -0.05) is 48.5 Å². The van der Waals surface area contributed by atoms with Crippen LogP contribution in [0, 0.1) is 5.41 Å². The Morgan fingerprint density at radius 2 is 1.59 bits per heavy atom. The van der Waals surface area contributed by atoms with Gasteiger partial charge < -0.3 is 25.0 Å². The zero-order valence-electron chi connectivity index (χ0n) is 19.6. The predicted molar refractivity (Wildman–Crippen MR) is 128 cm³/mol. The van der Waals surface area contributed by atoms with Crippen molar-refractivity contribution in [3.05, 3.63) is 59.7 Å². The van der Waals surface area contributed by atoms with Crippen molar-refractivity contribution in [2.75, 3.05) is 46.9 Å². The highest BCUT2D eigenvalue weighted by Crippen LogP contribution is 2.47. The number of nitrogens with one attached hydrogen (secondary N) is 1. The number of likely N-dealkylation sites (N-methyl/N-ethyl adjacent to an activating group) is 1. The first-order valence-electron chi connectivity index (χ1n) is 11.6. The lowest BCUT2D eigenvalue weighted by Crippen LogP contribution is -2.47. The van der Waals surface area contributed by atoms with Gasteiger partial charge in [0.25, 0.3) is 0 Å². The first kappa shape index (κ1) is 23.8. The third-order valence-electron chi connectivity index (χ3n) is 6.65. The van der Waals surface area contributed by atoms with Crippen LogP contribution in [0.4, 0.5) is 4.79 Å². The molecule has 0 aliphatic heterocycles. The summed E-state index contributed by atoms with van der Waals surface area (Å²) in [4.78, 5) is 40.1. The molecule has 0 aromatic heterocycles. The zero-order valence-corrected chi connectivity index (χ0v) is 19.6. The molecule has 1 fully saturated rings. The Hall–Kier alpha value is -3.39. The number of fused-ring (bicyclic) bond motifs is 3. The molecule has 8 heteroatoms. The van der Waals surface area contributed by atoms with Gasteiger partial charge in [0.15, 0.2) is 0 Å². The Morgan fingerprint density at radius 1 is 1.00 bits per heavy atom. The molecule has 0 heterocycles. The van der Waals surface area contributed by atoms with Gasteiger partial charge in [-0.2, -0.15) is 0 Å². The van der Waals surface area contributed by atoms with Crippen molar-refractivity contribution in [2.24, 2.45) is 5.41 Å². The normalized spacial score (nSPS) is 15.4. The largest absolute Gasteiger partial charge is 0.480 e. The number of aliphatic carboxylic acids is 1. The number of amides is 2. The molecule has 4 rings (SSSR count). The van der Waals surface area contributed by atoms with Crippen molar-refractivity contribution >= 4 is 18.0 Å². The fraction of sp³-hybridized carbons (Fsp3) is 0.423. The van der Waals surface area contributed by atoms with Crippen LogP contribution in [0.15, 0.2) is 48.5 Å². The summed E-state index contributed by atoms with van der Waals surface area (Å²) >= 11 is 0. The Morgan fingerprint density at radius 3 is 2.12 bits per heavy atom. The van der Waals surface area contributed by atoms with E-state index in [-0.39, 0.29) is 31.5 Å². The highest BCUT2D eigenvalue weighted by Gasteiger charge is 2.52. The van der Waals surface area contributed by atoms with Crippen molar-refractivity contribution in [3.63, 3.8) is 0 Å². The maximum absolute atomic E-state index is 13.1. The van der Waals surface area contributed by atoms with E-state index in [4.69, 9.17) is 4.74 Å². The highest BCUT2D eigenvalue weighted by atomic mass is 16.5. The Bertz CT molecular complexity index is 1030. The van der Waals surface area contributed by atoms with Crippen LogP contribution < -0.4 is 5.32 Å². The summed E-state index contributed by atoms with van der Waals surface area (Å²) in [6, 6.07) is 16.3. The number of carbonyl (C=O) groups excluding carboxylic acids is 2. The molecule has 2 aromatic rings. The van der Waals surface area contributed by atoms with Crippen LogP contribution in [0.25, 0.3) is 11.1 Å². The summed E-state index contributed by atoms with van der Waals surface area (Å²) in [5.41, 5.74) is 3.84. The summed E-state index contributed by atoms with van der Waals surface area (Å²) in [5.74, 6) is -1.31. The molecule has 0 atom stereocenters. The number of hydrogen-bond donors (Lipinski definition) is 2. The van der Waals surface area contributed by atoms with E-state index in [0.717, 1.165) is 22.3 Å². The Labute approximate surface area is 199 Å². The number of ether oxygens (including phenoxy) is 1. The quantitative estimate of drug-likeness (QED) is 0.560. The van der Waals surface area contributed by atoms with E-state index in [9.17, 15) is 19.5 Å². The smallest absolute Gasteiger partial charge is 0.407 e. The van der Waals surface area contributed by atoms with Gasteiger partial charge in [0.05, 0.1) is 5.41 Å². The maximum Gasteiger partial charge on any atom is 0.407 e. The summed E-state index contributed by atoms with van der Waals surface area (Å²) in [5, 5.41) is 12.0. The summed E-state index contributed by atoms with van der Waals surface area (Å²) < 4.78 is 5.57. The molecule has 0 spiro atoms. The van der Waals surface area contributed by atoms with Gasteiger partial charge in [0.2, 0.25) is 5.91 Å². The van der Waals surface area contributed by atoms with E-state index in [0.29, 0.717) is 25.9 Å². The van der Waals surface area contributed by atoms with E-state index >= 15 is 0 Å². The number of carbonyl (C=O) groups is 3. The van der Waals surface area contributed by atoms with Crippen molar-refractivity contribution < 1.29 is 24.2 Å². The van der Waals surface area contributed by atoms with E-state index in [1.165, 1.54) is 4.90 Å². The monoisotopic (exact) mass is 465 g/mol. The Balaban J connectivity index is 1.34. The van der Waals surface area contributed by atoms with Crippen LogP contribution in [0.2, 0.25) is 0 Å². The van der Waals surface area contributed by atoms with Gasteiger partial charge in [-0.3, -0.25) is 9.59 Å². The molecule has 0 radical (unpaired) electrons. The molecule has 0 bridgehead atoms. The summed E-state index contributed by atoms with van der Waals surface area (Å²) in [6.45, 7) is 0.883. The van der Waals surface area contributed by atoms with Crippen molar-refractivity contribution in [1.29, 1.82) is 0 Å². The predicted octanol–water partition coefficient (Wildman–Crippen LogP) is 2.78. The third-order valence-corrected chi connectivity index (χ3v) is 6.65. The van der Waals surface area contributed by atoms with Gasteiger partial charge in [0.1, 0.15) is 13.2 Å². The van der Waals surface area contributed by atoms with Gasteiger partial charge >= 0.3 is 12.1 Å². The third kappa shape index (κ3) is 5.07. The first-order valence-corrected chi connectivity index (χ1v) is 11.6. The second kappa shape index (κ2) is 9.85. The van der Waals surface area contributed by atoms with Crippen LogP contribution in [-0.4, -0.2) is 79.8 Å². The zero-order chi connectivity index (χ0) is 24.3. The molecular weight excluding hydrogens is 434 g/mol. The summed E-state index contributed by atoms with van der Waals surface area (Å²) in [7, 11) is 3.74. The minimum atomic E-state index is -1.05. The standard InChI is InChI=1S/C26H31N3O5/c1-28(2)13-14-29(15-23(30)31)24(32)26(11-12-26)17-27-25(33)34-16-22-20-9-5-3-7-18(20)19-8-4-6-10-21(19)22/h3-10,22H,11-17H2,1-2H3,(H,27,33)(H,30,31). The number of nitrogens with zero attached hydrogens (tertiary/aromatic N) is 2. The first-order chi connectivity index (χ1) is 16.3. The summed E-state index contributed by atoms with van der Waals surface area (Å²) in [6.07, 6.45) is 0.667. The number of carboxylic acids is 1. The molecule has 8 nitrogen and oxygen atoms in total. The topological polar surface area (TPSA) is 99.2 Å². The molecule has 2 aliphatic rings. The average molecular weight is 466 g/mol. The highest BCUT2D eigenvalue weighted by molar-refractivity contribution is 5.89. The minimum absolute atomic E-state index is 0.0354. The van der Waals surface area contributed by atoms with Crippen molar-refractivity contribution in [2.45, 2.75) is 18.8 Å². The SMILES string of the molecule is CN(C)CCN(CC(=O)O)C(=O)C1(CNC(=O)OCC2c3ccccc3-c3ccccc32)CC1. The fourth-order valence-electron chi connectivity index (χ4n) is 4.58. The lowest BCUT2D eigenvalue weighted by molar-refractivity contribution is -0.147. The number of hydrogen-bond acceptors (Lipinski definition) is 5. The molecule has 2 N–H and O–H groups in total. The average Bonchev–Trinajstić information content (AvgIpc) is 3.55. The number of rotatable bonds is 10. The van der Waals surface area contributed by atoms with Gasteiger partial charge in [-0.25, -0.2) is 4.79 Å². The van der Waals surface area contributed by atoms with E-state index in [1.54, 1.807) is 0 Å². The fourth-order valence-corrected chi connectivity index (χ4v) is 4.58. The second-order valence-electron chi connectivity index (χ2n) is 9.38. The molecule has 180 valence electrons. The van der Waals surface area contributed by atoms with Crippen LogP contribution in [-0.2, 0) is 14.3 Å². The van der Waals surface area contributed by atoms with Crippen LogP contribution >= 0.6 is 0 Å². The molecule has 2 amide bonds. The molecule has 34 heavy (non-hydrogen) atoms. The number of benzene rings is 2. The van der Waals surface area contributed by atoms with Crippen LogP contribution in [0.5, 0.6) is 0 Å². The van der Waals surface area contributed by atoms with E-state index < -0.39 is 17.5 Å². The maximum atomic E-state index is 13.1. The van der Waals surface area contributed by atoms with Gasteiger partial charge in [-0.15, -0.1) is 0 Å². The van der Waals surface area contributed by atoms with Crippen molar-refractivity contribution in [3.8, 4) is 11.1 Å². The molecular formula is C26H31N3O5. The second-order valence-corrected chi connectivity index (χ2v) is 9.38. The number of carboxylic acid groups (broad SMARTS) is 1. The van der Waals surface area contributed by atoms with Crippen LogP contribution in [0.1, 0.15) is 29.9 Å². The van der Waals surface area contributed by atoms with Gasteiger partial charge in [-0.05, 0) is 49.2 Å². The molecule has 2 aliphatic carbocycles. The van der Waals surface area contributed by atoms with E-state index in [1.807, 2.05) is 43.3 Å². The molecule has 0 saturated heterocycles. The molecule has 0 unspecified atom stereocenters. The van der Waals surface area contributed by atoms with E-state index in [2.05, 4.69) is 29.6 Å². The Kier molecular flexibility index (Phi) is 6.88. The minimum Gasteiger partial charge on any atom is -0.480 e. The van der Waals surface area contributed by atoms with Crippen LogP contribution in [0.3, 0.4) is 0 Å². The van der Waals surface area contributed by atoms with Gasteiger partial charge in [0, 0.05) is 25.6 Å². The number of alkyl carbamates (subject to hydrolysis) is 1.